The molecule has 1 aromatic heterocycles. The number of pyridine rings is 1. The van der Waals surface area contributed by atoms with E-state index in [4.69, 9.17) is 0 Å². The molecule has 0 fully saturated rings. The minimum absolute atomic E-state index is 0.112. The molecule has 0 atom stereocenters. The Bertz CT molecular complexity index is 769. The molecule has 0 aliphatic carbocycles. The topological polar surface area (TPSA) is 42.0 Å². The zero-order chi connectivity index (χ0) is 15.2. The predicted octanol–water partition coefficient (Wildman–Crippen LogP) is 3.60. The maximum absolute atomic E-state index is 12.1. The van der Waals surface area contributed by atoms with E-state index < -0.39 is 0 Å². The van der Waals surface area contributed by atoms with E-state index in [1.165, 1.54) is 5.56 Å². The summed E-state index contributed by atoms with van der Waals surface area (Å²) in [6.45, 7) is 0.655. The zero-order valence-electron chi connectivity index (χ0n) is 12.3. The number of fused-ring (bicyclic) bond motifs is 1. The fraction of sp³-hybridized carbons (Fsp3) is 0.158. The summed E-state index contributed by atoms with van der Waals surface area (Å²) in [6.07, 6.45) is 3.63. The maximum Gasteiger partial charge on any atom is 0.269 e. The molecule has 22 heavy (non-hydrogen) atoms. The van der Waals surface area contributed by atoms with E-state index in [0.717, 1.165) is 23.6 Å². The monoisotopic (exact) mass is 290 g/mol. The highest BCUT2D eigenvalue weighted by atomic mass is 16.1. The third kappa shape index (κ3) is 3.50. The number of carbonyl (C=O) groups excluding carboxylic acids is 1. The molecule has 110 valence electrons. The van der Waals surface area contributed by atoms with Gasteiger partial charge >= 0.3 is 0 Å². The number of hydrogen-bond donors (Lipinski definition) is 1. The number of amides is 1. The van der Waals surface area contributed by atoms with E-state index in [-0.39, 0.29) is 5.91 Å². The quantitative estimate of drug-likeness (QED) is 0.730. The van der Waals surface area contributed by atoms with E-state index in [9.17, 15) is 4.79 Å². The summed E-state index contributed by atoms with van der Waals surface area (Å²) in [6, 6.07) is 20.0. The fourth-order valence-electron chi connectivity index (χ4n) is 2.44. The van der Waals surface area contributed by atoms with Crippen LogP contribution >= 0.6 is 0 Å². The molecule has 0 aliphatic heterocycles. The summed E-state index contributed by atoms with van der Waals surface area (Å²) < 4.78 is 0. The predicted molar refractivity (Wildman–Crippen MR) is 88.8 cm³/mol. The summed E-state index contributed by atoms with van der Waals surface area (Å²) in [4.78, 5) is 16.4. The summed E-state index contributed by atoms with van der Waals surface area (Å²) in [5, 5.41) is 5.01. The molecule has 3 heteroatoms. The Morgan fingerprint density at radius 1 is 0.955 bits per heavy atom. The smallest absolute Gasteiger partial charge is 0.269 e. The molecule has 1 amide bonds. The van der Waals surface area contributed by atoms with Crippen molar-refractivity contribution in [3.05, 3.63) is 78.1 Å². The number of aromatic nitrogens is 1. The van der Waals surface area contributed by atoms with E-state index in [1.807, 2.05) is 48.5 Å². The van der Waals surface area contributed by atoms with Crippen LogP contribution in [0.25, 0.3) is 10.8 Å². The largest absolute Gasteiger partial charge is 0.351 e. The SMILES string of the molecule is O=C(NCCCc1ccccc1)c1cc2ccccc2cn1. The van der Waals surface area contributed by atoms with Gasteiger partial charge in [-0.1, -0.05) is 54.6 Å². The second-order valence-corrected chi connectivity index (χ2v) is 5.26. The van der Waals surface area contributed by atoms with Gasteiger partial charge < -0.3 is 5.32 Å². The molecule has 0 saturated heterocycles. The van der Waals surface area contributed by atoms with Crippen molar-refractivity contribution in [2.75, 3.05) is 6.54 Å². The minimum atomic E-state index is -0.112. The molecule has 0 spiro atoms. The Morgan fingerprint density at radius 3 is 2.50 bits per heavy atom. The standard InChI is InChI=1S/C19H18N2O/c22-19(20-12-6-9-15-7-2-1-3-8-15)18-13-16-10-4-5-11-17(16)14-21-18/h1-5,7-8,10-11,13-14H,6,9,12H2,(H,20,22). The van der Waals surface area contributed by atoms with Gasteiger partial charge in [-0.2, -0.15) is 0 Å². The Labute approximate surface area is 130 Å². The Morgan fingerprint density at radius 2 is 1.68 bits per heavy atom. The number of nitrogens with one attached hydrogen (secondary N) is 1. The van der Waals surface area contributed by atoms with Gasteiger partial charge in [0.1, 0.15) is 5.69 Å². The van der Waals surface area contributed by atoms with Gasteiger partial charge in [0, 0.05) is 18.1 Å². The number of nitrogens with zero attached hydrogens (tertiary/aromatic N) is 1. The van der Waals surface area contributed by atoms with Crippen LogP contribution in [0.4, 0.5) is 0 Å². The molecule has 0 unspecified atom stereocenters. The van der Waals surface area contributed by atoms with Crippen LogP contribution in [0.3, 0.4) is 0 Å². The maximum atomic E-state index is 12.1. The second-order valence-electron chi connectivity index (χ2n) is 5.26. The van der Waals surface area contributed by atoms with Crippen molar-refractivity contribution in [3.63, 3.8) is 0 Å². The first-order valence-electron chi connectivity index (χ1n) is 7.50. The molecular weight excluding hydrogens is 272 g/mol. The van der Waals surface area contributed by atoms with Crippen molar-refractivity contribution in [1.29, 1.82) is 0 Å². The van der Waals surface area contributed by atoms with Crippen LogP contribution in [-0.4, -0.2) is 17.4 Å². The van der Waals surface area contributed by atoms with Gasteiger partial charge in [-0.25, -0.2) is 0 Å². The van der Waals surface area contributed by atoms with E-state index >= 15 is 0 Å². The Balaban J connectivity index is 1.54. The van der Waals surface area contributed by atoms with Crippen molar-refractivity contribution < 1.29 is 4.79 Å². The van der Waals surface area contributed by atoms with Gasteiger partial charge in [-0.3, -0.25) is 9.78 Å². The fourth-order valence-corrected chi connectivity index (χ4v) is 2.44. The molecule has 1 heterocycles. The van der Waals surface area contributed by atoms with Gasteiger partial charge in [0.05, 0.1) is 0 Å². The van der Waals surface area contributed by atoms with Crippen LogP contribution < -0.4 is 5.32 Å². The van der Waals surface area contributed by atoms with Gasteiger partial charge in [0.25, 0.3) is 5.91 Å². The molecule has 2 aromatic carbocycles. The van der Waals surface area contributed by atoms with Crippen molar-refractivity contribution in [1.82, 2.24) is 10.3 Å². The summed E-state index contributed by atoms with van der Waals surface area (Å²) in [5.74, 6) is -0.112. The average molecular weight is 290 g/mol. The number of rotatable bonds is 5. The third-order valence-corrected chi connectivity index (χ3v) is 3.63. The van der Waals surface area contributed by atoms with Gasteiger partial charge in [0.15, 0.2) is 0 Å². The first-order valence-corrected chi connectivity index (χ1v) is 7.50. The lowest BCUT2D eigenvalue weighted by molar-refractivity contribution is 0.0948. The molecular formula is C19H18N2O. The van der Waals surface area contributed by atoms with E-state index in [1.54, 1.807) is 6.20 Å². The van der Waals surface area contributed by atoms with Crippen LogP contribution in [0.15, 0.2) is 66.9 Å². The van der Waals surface area contributed by atoms with Crippen LogP contribution in [-0.2, 0) is 6.42 Å². The summed E-state index contributed by atoms with van der Waals surface area (Å²) in [7, 11) is 0. The molecule has 3 rings (SSSR count). The molecule has 0 aliphatic rings. The highest BCUT2D eigenvalue weighted by Gasteiger charge is 2.07. The van der Waals surface area contributed by atoms with E-state index in [2.05, 4.69) is 22.4 Å². The minimum Gasteiger partial charge on any atom is -0.351 e. The lowest BCUT2D eigenvalue weighted by Crippen LogP contribution is -2.25. The zero-order valence-corrected chi connectivity index (χ0v) is 12.3. The van der Waals surface area contributed by atoms with Crippen LogP contribution in [0.1, 0.15) is 22.5 Å². The van der Waals surface area contributed by atoms with Crippen molar-refractivity contribution >= 4 is 16.7 Å². The molecule has 3 nitrogen and oxygen atoms in total. The highest BCUT2D eigenvalue weighted by Crippen LogP contribution is 2.13. The van der Waals surface area contributed by atoms with Crippen LogP contribution in [0.2, 0.25) is 0 Å². The first kappa shape index (κ1) is 14.3. The van der Waals surface area contributed by atoms with Crippen LogP contribution in [0.5, 0.6) is 0 Å². The third-order valence-electron chi connectivity index (χ3n) is 3.63. The average Bonchev–Trinajstić information content (AvgIpc) is 2.59. The van der Waals surface area contributed by atoms with Crippen LogP contribution in [0, 0.1) is 0 Å². The highest BCUT2D eigenvalue weighted by molar-refractivity contribution is 5.96. The molecule has 3 aromatic rings. The Kier molecular flexibility index (Phi) is 4.44. The van der Waals surface area contributed by atoms with E-state index in [0.29, 0.717) is 12.2 Å². The van der Waals surface area contributed by atoms with Gasteiger partial charge in [-0.15, -0.1) is 0 Å². The second kappa shape index (κ2) is 6.85. The molecule has 1 N–H and O–H groups in total. The normalized spacial score (nSPS) is 10.5. The van der Waals surface area contributed by atoms with Crippen molar-refractivity contribution in [2.45, 2.75) is 12.8 Å². The Hall–Kier alpha value is -2.68. The molecule has 0 bridgehead atoms. The lowest BCUT2D eigenvalue weighted by Gasteiger charge is -2.06. The van der Waals surface area contributed by atoms with Gasteiger partial charge in [-0.05, 0) is 29.9 Å². The number of aryl methyl sites for hydroxylation is 1. The van der Waals surface area contributed by atoms with Crippen molar-refractivity contribution in [3.8, 4) is 0 Å². The van der Waals surface area contributed by atoms with Gasteiger partial charge in [0.2, 0.25) is 0 Å². The van der Waals surface area contributed by atoms with Crippen molar-refractivity contribution in [2.24, 2.45) is 0 Å². The molecule has 0 saturated carbocycles. The number of hydrogen-bond acceptors (Lipinski definition) is 2. The summed E-state index contributed by atoms with van der Waals surface area (Å²) >= 11 is 0. The number of benzene rings is 2. The first-order chi connectivity index (χ1) is 10.8. The number of carbonyl (C=O) groups is 1. The molecule has 0 radical (unpaired) electrons. The lowest BCUT2D eigenvalue weighted by atomic mass is 10.1. The summed E-state index contributed by atoms with van der Waals surface area (Å²) in [5.41, 5.74) is 1.76.